The van der Waals surface area contributed by atoms with Gasteiger partial charge in [0.15, 0.2) is 0 Å². The fourth-order valence-electron chi connectivity index (χ4n) is 3.13. The summed E-state index contributed by atoms with van der Waals surface area (Å²) < 4.78 is 0. The molecular formula is C18H29NOS. The molecule has 2 heterocycles. The van der Waals surface area contributed by atoms with E-state index in [4.69, 9.17) is 0 Å². The number of amides is 1. The molecule has 1 aromatic heterocycles. The van der Waals surface area contributed by atoms with Crippen LogP contribution in [0, 0.1) is 0 Å². The van der Waals surface area contributed by atoms with Crippen molar-refractivity contribution in [1.82, 2.24) is 4.90 Å². The molecule has 2 aliphatic rings. The summed E-state index contributed by atoms with van der Waals surface area (Å²) in [6.45, 7) is 5.34. The standard InChI is InChI=1S/C11H13NOS.C7H16/c1-12-6-8-7-4-2-3-5-9(7)14-10(8)11(12)13;1-3-5-7-6-4-2/h2-6H2,1H3;3-7H2,1-2H3. The lowest BCUT2D eigenvalue weighted by Gasteiger charge is -2.13. The summed E-state index contributed by atoms with van der Waals surface area (Å²) in [5.41, 5.74) is 2.85. The second-order valence-corrected chi connectivity index (χ2v) is 7.35. The zero-order chi connectivity index (χ0) is 15.2. The zero-order valence-corrected chi connectivity index (χ0v) is 14.7. The van der Waals surface area contributed by atoms with E-state index < -0.39 is 0 Å². The minimum atomic E-state index is 0.236. The summed E-state index contributed by atoms with van der Waals surface area (Å²) in [5, 5.41) is 0. The monoisotopic (exact) mass is 307 g/mol. The van der Waals surface area contributed by atoms with Gasteiger partial charge >= 0.3 is 0 Å². The number of nitrogens with zero attached hydrogens (tertiary/aromatic N) is 1. The van der Waals surface area contributed by atoms with Crippen LogP contribution in [0.4, 0.5) is 0 Å². The lowest BCUT2D eigenvalue weighted by molar-refractivity contribution is 0.0819. The van der Waals surface area contributed by atoms with Gasteiger partial charge in [-0.2, -0.15) is 0 Å². The van der Waals surface area contributed by atoms with Gasteiger partial charge in [-0.3, -0.25) is 4.79 Å². The number of aryl methyl sites for hydroxylation is 1. The normalized spacial score (nSPS) is 16.3. The summed E-state index contributed by atoms with van der Waals surface area (Å²) in [7, 11) is 1.89. The molecular weight excluding hydrogens is 278 g/mol. The van der Waals surface area contributed by atoms with Gasteiger partial charge in [0.1, 0.15) is 0 Å². The molecule has 0 spiro atoms. The Kier molecular flexibility index (Phi) is 6.28. The van der Waals surface area contributed by atoms with E-state index in [9.17, 15) is 4.79 Å². The molecule has 0 N–H and O–H groups in total. The molecule has 0 atom stereocenters. The molecule has 118 valence electrons. The maximum atomic E-state index is 11.8. The van der Waals surface area contributed by atoms with Crippen LogP contribution in [0.15, 0.2) is 0 Å². The number of carbonyl (C=O) groups excluding carboxylic acids is 1. The second kappa shape index (κ2) is 7.98. The highest BCUT2D eigenvalue weighted by Crippen LogP contribution is 2.38. The van der Waals surface area contributed by atoms with Crippen LogP contribution in [0.5, 0.6) is 0 Å². The van der Waals surface area contributed by atoms with E-state index in [1.807, 2.05) is 11.9 Å². The first-order valence-electron chi connectivity index (χ1n) is 8.57. The van der Waals surface area contributed by atoms with Crippen molar-refractivity contribution in [2.24, 2.45) is 0 Å². The molecule has 2 nitrogen and oxygen atoms in total. The number of hydrogen-bond donors (Lipinski definition) is 0. The summed E-state index contributed by atoms with van der Waals surface area (Å²) >= 11 is 1.75. The van der Waals surface area contributed by atoms with Crippen molar-refractivity contribution in [3.8, 4) is 0 Å². The summed E-state index contributed by atoms with van der Waals surface area (Å²) in [6.07, 6.45) is 12.0. The van der Waals surface area contributed by atoms with E-state index >= 15 is 0 Å². The van der Waals surface area contributed by atoms with Gasteiger partial charge in [-0.1, -0.05) is 46.0 Å². The average Bonchev–Trinajstić information content (AvgIpc) is 2.99. The Hall–Kier alpha value is -0.830. The van der Waals surface area contributed by atoms with Crippen molar-refractivity contribution in [1.29, 1.82) is 0 Å². The average molecular weight is 308 g/mol. The molecule has 0 unspecified atom stereocenters. The number of rotatable bonds is 4. The molecule has 1 amide bonds. The maximum Gasteiger partial charge on any atom is 0.264 e. The quantitative estimate of drug-likeness (QED) is 0.701. The molecule has 1 aromatic rings. The Morgan fingerprint density at radius 1 is 1.00 bits per heavy atom. The second-order valence-electron chi connectivity index (χ2n) is 6.24. The van der Waals surface area contributed by atoms with Crippen LogP contribution in [0.1, 0.15) is 84.5 Å². The highest BCUT2D eigenvalue weighted by atomic mass is 32.1. The van der Waals surface area contributed by atoms with Crippen LogP contribution in [0.2, 0.25) is 0 Å². The molecule has 0 fully saturated rings. The molecule has 1 aliphatic heterocycles. The largest absolute Gasteiger partial charge is 0.337 e. The van der Waals surface area contributed by atoms with Crippen molar-refractivity contribution < 1.29 is 4.79 Å². The fourth-order valence-corrected chi connectivity index (χ4v) is 4.53. The van der Waals surface area contributed by atoms with E-state index in [2.05, 4.69) is 13.8 Å². The van der Waals surface area contributed by atoms with Gasteiger partial charge in [0.2, 0.25) is 0 Å². The van der Waals surface area contributed by atoms with E-state index in [0.29, 0.717) is 0 Å². The minimum absolute atomic E-state index is 0.236. The predicted octanol–water partition coefficient (Wildman–Crippen LogP) is 5.19. The smallest absolute Gasteiger partial charge is 0.264 e. The van der Waals surface area contributed by atoms with Crippen LogP contribution in [-0.2, 0) is 19.4 Å². The van der Waals surface area contributed by atoms with Crippen molar-refractivity contribution in [3.63, 3.8) is 0 Å². The Bertz CT molecular complexity index is 474. The number of fused-ring (bicyclic) bond motifs is 3. The van der Waals surface area contributed by atoms with Gasteiger partial charge in [-0.25, -0.2) is 0 Å². The Balaban J connectivity index is 0.000000199. The van der Waals surface area contributed by atoms with Gasteiger partial charge in [0.25, 0.3) is 5.91 Å². The van der Waals surface area contributed by atoms with Crippen molar-refractivity contribution >= 4 is 17.2 Å². The minimum Gasteiger partial charge on any atom is -0.337 e. The molecule has 0 saturated carbocycles. The molecule has 3 rings (SSSR count). The molecule has 3 heteroatoms. The third-order valence-electron chi connectivity index (χ3n) is 4.42. The number of unbranched alkanes of at least 4 members (excludes halogenated alkanes) is 4. The topological polar surface area (TPSA) is 20.3 Å². The third kappa shape index (κ3) is 3.88. The first kappa shape index (κ1) is 16.5. The summed E-state index contributed by atoms with van der Waals surface area (Å²) in [6, 6.07) is 0. The fraction of sp³-hybridized carbons (Fsp3) is 0.722. The number of thiophene rings is 1. The van der Waals surface area contributed by atoms with E-state index in [1.165, 1.54) is 73.8 Å². The van der Waals surface area contributed by atoms with Crippen LogP contribution >= 0.6 is 11.3 Å². The predicted molar refractivity (Wildman–Crippen MR) is 91.2 cm³/mol. The van der Waals surface area contributed by atoms with Gasteiger partial charge in [0.05, 0.1) is 4.88 Å². The highest BCUT2D eigenvalue weighted by molar-refractivity contribution is 7.14. The Morgan fingerprint density at radius 2 is 1.67 bits per heavy atom. The maximum absolute atomic E-state index is 11.8. The first-order chi connectivity index (χ1) is 10.2. The van der Waals surface area contributed by atoms with Crippen molar-refractivity contribution in [3.05, 3.63) is 20.9 Å². The number of hydrogen-bond acceptors (Lipinski definition) is 2. The van der Waals surface area contributed by atoms with Crippen LogP contribution in [0.25, 0.3) is 0 Å². The van der Waals surface area contributed by atoms with Gasteiger partial charge in [0, 0.05) is 18.5 Å². The summed E-state index contributed by atoms with van der Waals surface area (Å²) in [4.78, 5) is 16.1. The van der Waals surface area contributed by atoms with Crippen molar-refractivity contribution in [2.75, 3.05) is 7.05 Å². The molecule has 0 aromatic carbocycles. The first-order valence-corrected chi connectivity index (χ1v) is 9.39. The van der Waals surface area contributed by atoms with Gasteiger partial charge in [-0.15, -0.1) is 11.3 Å². The van der Waals surface area contributed by atoms with Gasteiger partial charge in [-0.05, 0) is 36.8 Å². The summed E-state index contributed by atoms with van der Waals surface area (Å²) in [5.74, 6) is 0.236. The molecule has 21 heavy (non-hydrogen) atoms. The third-order valence-corrected chi connectivity index (χ3v) is 5.75. The Morgan fingerprint density at radius 3 is 2.33 bits per heavy atom. The lowest BCUT2D eigenvalue weighted by atomic mass is 9.95. The SMILES string of the molecule is CCCCCCC.CN1Cc2c(sc3c2CCCC3)C1=O. The molecule has 0 saturated heterocycles. The molecule has 0 bridgehead atoms. The van der Waals surface area contributed by atoms with Crippen LogP contribution in [0.3, 0.4) is 0 Å². The lowest BCUT2D eigenvalue weighted by Crippen LogP contribution is -2.18. The van der Waals surface area contributed by atoms with Gasteiger partial charge < -0.3 is 4.90 Å². The van der Waals surface area contributed by atoms with Crippen LogP contribution in [-0.4, -0.2) is 17.9 Å². The molecule has 0 radical (unpaired) electrons. The van der Waals surface area contributed by atoms with Crippen molar-refractivity contribution in [2.45, 2.75) is 78.2 Å². The van der Waals surface area contributed by atoms with E-state index in [-0.39, 0.29) is 5.91 Å². The van der Waals surface area contributed by atoms with E-state index in [1.54, 1.807) is 11.3 Å². The van der Waals surface area contributed by atoms with E-state index in [0.717, 1.165) is 11.4 Å². The highest BCUT2D eigenvalue weighted by Gasteiger charge is 2.31. The van der Waals surface area contributed by atoms with Crippen LogP contribution < -0.4 is 0 Å². The molecule has 1 aliphatic carbocycles. The Labute approximate surface area is 133 Å². The number of carbonyl (C=O) groups is 1. The zero-order valence-electron chi connectivity index (χ0n) is 13.8.